The monoisotopic (exact) mass is 291 g/mol. The minimum atomic E-state index is 0. The van der Waals surface area contributed by atoms with Gasteiger partial charge in [-0.2, -0.15) is 12.6 Å². The molecule has 1 rings (SSSR count). The summed E-state index contributed by atoms with van der Waals surface area (Å²) in [6.07, 6.45) is 3.06. The summed E-state index contributed by atoms with van der Waals surface area (Å²) in [4.78, 5) is 0. The molecule has 0 heterocycles. The Bertz CT molecular complexity index is 326. The summed E-state index contributed by atoms with van der Waals surface area (Å²) in [6, 6.07) is 7.88. The highest BCUT2D eigenvalue weighted by Crippen LogP contribution is 2.25. The van der Waals surface area contributed by atoms with Gasteiger partial charge in [-0.25, -0.2) is 0 Å². The van der Waals surface area contributed by atoms with Crippen molar-refractivity contribution in [1.29, 1.82) is 0 Å². The summed E-state index contributed by atoms with van der Waals surface area (Å²) in [5.41, 5.74) is 5.77. The molecule has 18 heavy (non-hydrogen) atoms. The van der Waals surface area contributed by atoms with E-state index in [4.69, 9.17) is 15.2 Å². The number of benzene rings is 1. The first-order chi connectivity index (χ1) is 8.27. The number of thiol groups is 1. The van der Waals surface area contributed by atoms with E-state index < -0.39 is 0 Å². The molecular formula is C13H22ClNO2S. The highest BCUT2D eigenvalue weighted by molar-refractivity contribution is 7.80. The molecule has 0 bridgehead atoms. The third kappa shape index (κ3) is 6.38. The lowest BCUT2D eigenvalue weighted by molar-refractivity contribution is 0.284. The maximum Gasteiger partial charge on any atom is 0.161 e. The molecule has 3 nitrogen and oxygen atoms in total. The summed E-state index contributed by atoms with van der Waals surface area (Å²) >= 11 is 4.15. The van der Waals surface area contributed by atoms with Gasteiger partial charge in [0.25, 0.3) is 0 Å². The van der Waals surface area contributed by atoms with Crippen LogP contribution in [0.5, 0.6) is 11.5 Å². The summed E-state index contributed by atoms with van der Waals surface area (Å²) in [5.74, 6) is 2.32. The van der Waals surface area contributed by atoms with Gasteiger partial charge in [0, 0.05) is 11.8 Å². The fourth-order valence-electron chi connectivity index (χ4n) is 1.52. The number of rotatable bonds is 8. The van der Waals surface area contributed by atoms with Crippen LogP contribution in [-0.2, 0) is 0 Å². The number of hydrogen-bond donors (Lipinski definition) is 2. The molecule has 0 radical (unpaired) electrons. The molecule has 0 aromatic heterocycles. The van der Waals surface area contributed by atoms with Gasteiger partial charge in [-0.1, -0.05) is 12.1 Å². The maximum atomic E-state index is 5.77. The van der Waals surface area contributed by atoms with Gasteiger partial charge in [-0.05, 0) is 31.4 Å². The van der Waals surface area contributed by atoms with Crippen LogP contribution in [0, 0.1) is 0 Å². The van der Waals surface area contributed by atoms with Crippen molar-refractivity contribution in [2.24, 2.45) is 5.73 Å². The van der Waals surface area contributed by atoms with E-state index in [2.05, 4.69) is 12.6 Å². The number of para-hydroxylation sites is 2. The predicted molar refractivity (Wildman–Crippen MR) is 81.4 cm³/mol. The second-order valence-electron chi connectivity index (χ2n) is 3.94. The van der Waals surface area contributed by atoms with Gasteiger partial charge in [0.2, 0.25) is 0 Å². The highest BCUT2D eigenvalue weighted by Gasteiger charge is 2.02. The minimum Gasteiger partial charge on any atom is -0.493 e. The molecule has 0 saturated heterocycles. The first-order valence-electron chi connectivity index (χ1n) is 5.90. The average molecular weight is 292 g/mol. The van der Waals surface area contributed by atoms with Crippen LogP contribution >= 0.6 is 25.0 Å². The quantitative estimate of drug-likeness (QED) is 0.572. The minimum absolute atomic E-state index is 0. The summed E-state index contributed by atoms with van der Waals surface area (Å²) in [7, 11) is 1.65. The predicted octanol–water partition coefficient (Wildman–Crippen LogP) is 2.92. The number of methoxy groups -OCH3 is 1. The molecule has 0 aliphatic rings. The molecule has 104 valence electrons. The van der Waals surface area contributed by atoms with Crippen LogP contribution in [0.3, 0.4) is 0 Å². The van der Waals surface area contributed by atoms with Crippen LogP contribution < -0.4 is 15.2 Å². The van der Waals surface area contributed by atoms with Gasteiger partial charge in [-0.15, -0.1) is 12.4 Å². The normalized spacial score (nSPS) is 11.5. The first kappa shape index (κ1) is 17.4. The average Bonchev–Trinajstić information content (AvgIpc) is 2.38. The largest absolute Gasteiger partial charge is 0.493 e. The summed E-state index contributed by atoms with van der Waals surface area (Å²) < 4.78 is 10.9. The molecule has 0 aliphatic carbocycles. The van der Waals surface area contributed by atoms with E-state index in [1.165, 1.54) is 0 Å². The van der Waals surface area contributed by atoms with Crippen LogP contribution in [0.2, 0.25) is 0 Å². The lowest BCUT2D eigenvalue weighted by Gasteiger charge is -2.11. The van der Waals surface area contributed by atoms with E-state index >= 15 is 0 Å². The molecule has 0 unspecified atom stereocenters. The third-order valence-corrected chi connectivity index (χ3v) is 3.00. The van der Waals surface area contributed by atoms with Gasteiger partial charge >= 0.3 is 0 Å². The maximum absolute atomic E-state index is 5.77. The molecule has 0 spiro atoms. The number of halogens is 1. The Morgan fingerprint density at radius 2 is 1.89 bits per heavy atom. The smallest absolute Gasteiger partial charge is 0.161 e. The molecular weight excluding hydrogens is 270 g/mol. The Kier molecular flexibility index (Phi) is 10.0. The second kappa shape index (κ2) is 10.4. The number of ether oxygens (including phenoxy) is 2. The molecule has 1 aromatic rings. The van der Waals surface area contributed by atoms with E-state index in [9.17, 15) is 0 Å². The second-order valence-corrected chi connectivity index (χ2v) is 4.30. The van der Waals surface area contributed by atoms with E-state index in [1.807, 2.05) is 24.3 Å². The van der Waals surface area contributed by atoms with Crippen LogP contribution in [0.1, 0.15) is 19.3 Å². The molecule has 1 atom stereocenters. The van der Waals surface area contributed by atoms with Crippen molar-refractivity contribution >= 4 is 25.0 Å². The van der Waals surface area contributed by atoms with Crippen molar-refractivity contribution in [1.82, 2.24) is 0 Å². The fourth-order valence-corrected chi connectivity index (χ4v) is 1.70. The van der Waals surface area contributed by atoms with Crippen molar-refractivity contribution in [3.8, 4) is 11.5 Å². The number of hydrogen-bond acceptors (Lipinski definition) is 4. The van der Waals surface area contributed by atoms with E-state index in [0.29, 0.717) is 6.61 Å². The fraction of sp³-hybridized carbons (Fsp3) is 0.538. The van der Waals surface area contributed by atoms with Crippen molar-refractivity contribution in [2.75, 3.05) is 19.5 Å². The number of unbranched alkanes of at least 4 members (excludes halogenated alkanes) is 1. The van der Waals surface area contributed by atoms with Gasteiger partial charge in [0.05, 0.1) is 13.7 Å². The molecule has 5 heteroatoms. The van der Waals surface area contributed by atoms with Crippen molar-refractivity contribution in [3.63, 3.8) is 0 Å². The standard InChI is InChI=1S/C13H21NO2S.ClH/c1-15-12-7-2-3-8-13(12)16-9-5-4-6-11(14)10-17;/h2-3,7-8,11,17H,4-6,9-10,14H2,1H3;1H/t11-;/m0./s1. The SMILES string of the molecule is COc1ccccc1OCCCC[C@H](N)CS.Cl. The molecule has 0 amide bonds. The zero-order valence-corrected chi connectivity index (χ0v) is 12.4. The van der Waals surface area contributed by atoms with E-state index in [-0.39, 0.29) is 18.4 Å². The highest BCUT2D eigenvalue weighted by atomic mass is 35.5. The van der Waals surface area contributed by atoms with Crippen molar-refractivity contribution in [2.45, 2.75) is 25.3 Å². The Morgan fingerprint density at radius 1 is 1.22 bits per heavy atom. The van der Waals surface area contributed by atoms with E-state index in [0.717, 1.165) is 36.5 Å². The zero-order chi connectivity index (χ0) is 12.5. The van der Waals surface area contributed by atoms with Crippen molar-refractivity contribution in [3.05, 3.63) is 24.3 Å². The lowest BCUT2D eigenvalue weighted by atomic mass is 10.1. The van der Waals surface area contributed by atoms with Crippen LogP contribution in [0.15, 0.2) is 24.3 Å². The Balaban J connectivity index is 0.00000289. The van der Waals surface area contributed by atoms with Crippen molar-refractivity contribution < 1.29 is 9.47 Å². The molecule has 0 saturated carbocycles. The Morgan fingerprint density at radius 3 is 2.50 bits per heavy atom. The Labute approximate surface area is 121 Å². The topological polar surface area (TPSA) is 44.5 Å². The van der Waals surface area contributed by atoms with Gasteiger partial charge < -0.3 is 15.2 Å². The van der Waals surface area contributed by atoms with Crippen LogP contribution in [0.25, 0.3) is 0 Å². The van der Waals surface area contributed by atoms with Gasteiger partial charge in [-0.3, -0.25) is 0 Å². The van der Waals surface area contributed by atoms with Crippen LogP contribution in [0.4, 0.5) is 0 Å². The van der Waals surface area contributed by atoms with Crippen LogP contribution in [-0.4, -0.2) is 25.5 Å². The molecule has 1 aromatic carbocycles. The Hall–Kier alpha value is -0.580. The van der Waals surface area contributed by atoms with E-state index in [1.54, 1.807) is 7.11 Å². The van der Waals surface area contributed by atoms with Gasteiger partial charge in [0.15, 0.2) is 11.5 Å². The number of nitrogens with two attached hydrogens (primary N) is 1. The zero-order valence-electron chi connectivity index (χ0n) is 10.7. The third-order valence-electron chi connectivity index (χ3n) is 2.53. The lowest BCUT2D eigenvalue weighted by Crippen LogP contribution is -2.21. The summed E-state index contributed by atoms with van der Waals surface area (Å²) in [6.45, 7) is 0.694. The molecule has 0 fully saturated rings. The summed E-state index contributed by atoms with van der Waals surface area (Å²) in [5, 5.41) is 0. The molecule has 0 aliphatic heterocycles. The molecule has 2 N–H and O–H groups in total. The first-order valence-corrected chi connectivity index (χ1v) is 6.53. The van der Waals surface area contributed by atoms with Gasteiger partial charge in [0.1, 0.15) is 0 Å².